The van der Waals surface area contributed by atoms with Crippen LogP contribution in [0.1, 0.15) is 19.0 Å². The van der Waals surface area contributed by atoms with Crippen LogP contribution in [0.2, 0.25) is 0 Å². The number of nitrogens with two attached hydrogens (primary N) is 1. The fourth-order valence-electron chi connectivity index (χ4n) is 2.36. The van der Waals surface area contributed by atoms with Gasteiger partial charge in [0.25, 0.3) is 0 Å². The number of anilines is 1. The first-order valence-corrected chi connectivity index (χ1v) is 7.00. The number of aromatic nitrogens is 3. The van der Waals surface area contributed by atoms with Gasteiger partial charge in [0, 0.05) is 28.9 Å². The molecule has 3 rings (SSSR count). The number of hydrazine groups is 1. The topological polar surface area (TPSA) is 76.7 Å². The quantitative estimate of drug-likeness (QED) is 0.567. The van der Waals surface area contributed by atoms with Crippen LogP contribution in [0.4, 0.5) is 5.82 Å². The lowest BCUT2D eigenvalue weighted by atomic mass is 10.1. The highest BCUT2D eigenvalue weighted by Crippen LogP contribution is 2.25. The number of pyridine rings is 1. The fraction of sp³-hybridized carbons (Fsp3) is 0.188. The highest BCUT2D eigenvalue weighted by Gasteiger charge is 2.10. The normalized spacial score (nSPS) is 10.8. The van der Waals surface area contributed by atoms with E-state index in [4.69, 9.17) is 5.84 Å². The molecule has 0 saturated heterocycles. The second-order valence-corrected chi connectivity index (χ2v) is 4.84. The van der Waals surface area contributed by atoms with Gasteiger partial charge in [-0.2, -0.15) is 0 Å². The van der Waals surface area contributed by atoms with E-state index in [-0.39, 0.29) is 0 Å². The molecule has 2 aromatic heterocycles. The van der Waals surface area contributed by atoms with E-state index in [0.29, 0.717) is 11.6 Å². The van der Waals surface area contributed by atoms with E-state index in [0.717, 1.165) is 35.0 Å². The minimum Gasteiger partial charge on any atom is -0.308 e. The first-order chi connectivity index (χ1) is 10.3. The van der Waals surface area contributed by atoms with Gasteiger partial charge in [-0.3, -0.25) is 4.98 Å². The number of aryl methyl sites for hydroxylation is 1. The Bertz CT molecular complexity index is 764. The lowest BCUT2D eigenvalue weighted by Gasteiger charge is -2.09. The predicted octanol–water partition coefficient (Wildman–Crippen LogP) is 2.93. The van der Waals surface area contributed by atoms with Crippen LogP contribution in [0.25, 0.3) is 22.3 Å². The minimum atomic E-state index is 0.622. The molecule has 106 valence electrons. The summed E-state index contributed by atoms with van der Waals surface area (Å²) in [6, 6.07) is 11.8. The van der Waals surface area contributed by atoms with Crippen molar-refractivity contribution in [2.45, 2.75) is 19.8 Å². The van der Waals surface area contributed by atoms with Crippen LogP contribution in [0.3, 0.4) is 0 Å². The van der Waals surface area contributed by atoms with E-state index >= 15 is 0 Å². The smallest absolute Gasteiger partial charge is 0.164 e. The molecule has 0 amide bonds. The van der Waals surface area contributed by atoms with Crippen molar-refractivity contribution in [3.63, 3.8) is 0 Å². The Morgan fingerprint density at radius 2 is 2.00 bits per heavy atom. The molecular weight excluding hydrogens is 262 g/mol. The number of benzene rings is 1. The number of rotatable bonds is 4. The predicted molar refractivity (Wildman–Crippen MR) is 84.6 cm³/mol. The van der Waals surface area contributed by atoms with Gasteiger partial charge in [-0.25, -0.2) is 15.8 Å². The molecule has 0 unspecified atom stereocenters. The molecule has 2 heterocycles. The molecule has 0 radical (unpaired) electrons. The Balaban J connectivity index is 2.20. The van der Waals surface area contributed by atoms with Crippen LogP contribution >= 0.6 is 0 Å². The van der Waals surface area contributed by atoms with Gasteiger partial charge in [-0.1, -0.05) is 31.5 Å². The summed E-state index contributed by atoms with van der Waals surface area (Å²) in [6.07, 6.45) is 3.69. The third kappa shape index (κ3) is 2.68. The summed E-state index contributed by atoms with van der Waals surface area (Å²) < 4.78 is 0. The molecule has 5 heteroatoms. The third-order valence-corrected chi connectivity index (χ3v) is 3.31. The van der Waals surface area contributed by atoms with E-state index in [2.05, 4.69) is 27.3 Å². The molecular formula is C16H17N5. The standard InChI is InChI=1S/C16H17N5/c1-2-5-12-10-14(21-17)20-16(19-12)13-8-3-6-11-7-4-9-18-15(11)13/h3-4,6-10H,2,5,17H2,1H3,(H,19,20,21). The van der Waals surface area contributed by atoms with E-state index in [1.807, 2.05) is 36.4 Å². The molecule has 3 N–H and O–H groups in total. The van der Waals surface area contributed by atoms with E-state index in [9.17, 15) is 0 Å². The molecule has 0 atom stereocenters. The summed E-state index contributed by atoms with van der Waals surface area (Å²) in [4.78, 5) is 13.6. The van der Waals surface area contributed by atoms with Crippen LogP contribution < -0.4 is 11.3 Å². The largest absolute Gasteiger partial charge is 0.308 e. The van der Waals surface area contributed by atoms with Gasteiger partial charge in [-0.15, -0.1) is 0 Å². The second kappa shape index (κ2) is 5.85. The maximum Gasteiger partial charge on any atom is 0.164 e. The number of hydrogen-bond acceptors (Lipinski definition) is 5. The number of hydrogen-bond donors (Lipinski definition) is 2. The van der Waals surface area contributed by atoms with Gasteiger partial charge in [0.05, 0.1) is 5.52 Å². The highest BCUT2D eigenvalue weighted by atomic mass is 15.3. The zero-order chi connectivity index (χ0) is 14.7. The molecule has 0 fully saturated rings. The molecule has 0 saturated carbocycles. The van der Waals surface area contributed by atoms with E-state index in [1.54, 1.807) is 6.20 Å². The zero-order valence-corrected chi connectivity index (χ0v) is 11.9. The molecule has 0 spiro atoms. The van der Waals surface area contributed by atoms with Crippen molar-refractivity contribution in [1.82, 2.24) is 15.0 Å². The summed E-state index contributed by atoms with van der Waals surface area (Å²) in [6.45, 7) is 2.12. The molecule has 1 aromatic carbocycles. The lowest BCUT2D eigenvalue weighted by Crippen LogP contribution is -2.10. The van der Waals surface area contributed by atoms with Crippen molar-refractivity contribution in [3.8, 4) is 11.4 Å². The summed E-state index contributed by atoms with van der Waals surface area (Å²) in [5.74, 6) is 6.79. The van der Waals surface area contributed by atoms with Crippen LogP contribution in [-0.4, -0.2) is 15.0 Å². The minimum absolute atomic E-state index is 0.622. The molecule has 5 nitrogen and oxygen atoms in total. The Morgan fingerprint density at radius 1 is 1.14 bits per heavy atom. The number of nitrogen functional groups attached to an aromatic ring is 1. The van der Waals surface area contributed by atoms with Crippen molar-refractivity contribution in [2.75, 3.05) is 5.43 Å². The summed E-state index contributed by atoms with van der Waals surface area (Å²) >= 11 is 0. The second-order valence-electron chi connectivity index (χ2n) is 4.84. The van der Waals surface area contributed by atoms with Crippen molar-refractivity contribution >= 4 is 16.7 Å². The van der Waals surface area contributed by atoms with Crippen molar-refractivity contribution < 1.29 is 0 Å². The van der Waals surface area contributed by atoms with Crippen molar-refractivity contribution in [1.29, 1.82) is 0 Å². The Morgan fingerprint density at radius 3 is 2.81 bits per heavy atom. The molecule has 0 bridgehead atoms. The van der Waals surface area contributed by atoms with Crippen LogP contribution in [0.15, 0.2) is 42.6 Å². The number of fused-ring (bicyclic) bond motifs is 1. The monoisotopic (exact) mass is 279 g/mol. The number of nitrogens with zero attached hydrogens (tertiary/aromatic N) is 3. The molecule has 3 aromatic rings. The first-order valence-electron chi connectivity index (χ1n) is 7.00. The Labute approximate surface area is 123 Å². The van der Waals surface area contributed by atoms with Gasteiger partial charge in [0.2, 0.25) is 0 Å². The molecule has 0 aliphatic rings. The van der Waals surface area contributed by atoms with Gasteiger partial charge in [-0.05, 0) is 18.6 Å². The fourth-order valence-corrected chi connectivity index (χ4v) is 2.36. The number of para-hydroxylation sites is 1. The SMILES string of the molecule is CCCc1cc(NN)nc(-c2cccc3cccnc23)n1. The van der Waals surface area contributed by atoms with Crippen LogP contribution in [0.5, 0.6) is 0 Å². The zero-order valence-electron chi connectivity index (χ0n) is 11.9. The summed E-state index contributed by atoms with van der Waals surface area (Å²) in [5.41, 5.74) is 5.41. The third-order valence-electron chi connectivity index (χ3n) is 3.31. The summed E-state index contributed by atoms with van der Waals surface area (Å²) in [7, 11) is 0. The average molecular weight is 279 g/mol. The Kier molecular flexibility index (Phi) is 3.75. The highest BCUT2D eigenvalue weighted by molar-refractivity contribution is 5.91. The molecule has 0 aliphatic heterocycles. The molecule has 0 aliphatic carbocycles. The van der Waals surface area contributed by atoms with Gasteiger partial charge < -0.3 is 5.43 Å². The van der Waals surface area contributed by atoms with Crippen molar-refractivity contribution in [3.05, 3.63) is 48.3 Å². The van der Waals surface area contributed by atoms with Crippen molar-refractivity contribution in [2.24, 2.45) is 5.84 Å². The van der Waals surface area contributed by atoms with E-state index < -0.39 is 0 Å². The number of nitrogens with one attached hydrogen (secondary N) is 1. The summed E-state index contributed by atoms with van der Waals surface area (Å²) in [5, 5.41) is 1.07. The first kappa shape index (κ1) is 13.5. The van der Waals surface area contributed by atoms with Crippen LogP contribution in [-0.2, 0) is 6.42 Å². The van der Waals surface area contributed by atoms with Crippen LogP contribution in [0, 0.1) is 0 Å². The Hall–Kier alpha value is -2.53. The van der Waals surface area contributed by atoms with Gasteiger partial charge in [0.15, 0.2) is 5.82 Å². The lowest BCUT2D eigenvalue weighted by molar-refractivity contribution is 0.875. The molecule has 21 heavy (non-hydrogen) atoms. The average Bonchev–Trinajstić information content (AvgIpc) is 2.54. The van der Waals surface area contributed by atoms with Gasteiger partial charge >= 0.3 is 0 Å². The van der Waals surface area contributed by atoms with Gasteiger partial charge in [0.1, 0.15) is 5.82 Å². The van der Waals surface area contributed by atoms with E-state index in [1.165, 1.54) is 0 Å². The maximum atomic E-state index is 5.52. The maximum absolute atomic E-state index is 5.52.